The molecule has 0 fully saturated rings. The number of halogens is 3. The van der Waals surface area contributed by atoms with Gasteiger partial charge in [0, 0.05) is 19.2 Å². The number of rotatable bonds is 2. The Bertz CT molecular complexity index is 671. The molecule has 0 aliphatic carbocycles. The van der Waals surface area contributed by atoms with E-state index in [2.05, 4.69) is 31.2 Å². The van der Waals surface area contributed by atoms with Gasteiger partial charge in [0.05, 0.1) is 12.2 Å². The molecule has 0 radical (unpaired) electrons. The fraction of sp³-hybridized carbons (Fsp3) is 0.400. The van der Waals surface area contributed by atoms with E-state index in [1.807, 2.05) is 0 Å². The van der Waals surface area contributed by atoms with E-state index < -0.39 is 17.2 Å². The van der Waals surface area contributed by atoms with Crippen LogP contribution in [0.4, 0.5) is 28.9 Å². The van der Waals surface area contributed by atoms with Crippen molar-refractivity contribution in [3.8, 4) is 0 Å². The third-order valence-corrected chi connectivity index (χ3v) is 3.68. The van der Waals surface area contributed by atoms with E-state index in [9.17, 15) is 18.0 Å². The van der Waals surface area contributed by atoms with Crippen LogP contribution in [0.5, 0.6) is 0 Å². The third-order valence-electron chi connectivity index (χ3n) is 2.80. The topological polar surface area (TPSA) is 96.8 Å². The van der Waals surface area contributed by atoms with E-state index in [1.165, 1.54) is 0 Å². The number of fused-ring (bicyclic) bond motifs is 1. The van der Waals surface area contributed by atoms with Gasteiger partial charge >= 0.3 is 12.2 Å². The van der Waals surface area contributed by atoms with E-state index in [0.717, 1.165) is 12.2 Å². The molecule has 1 aliphatic rings. The van der Waals surface area contributed by atoms with Crippen LogP contribution in [-0.4, -0.2) is 32.6 Å². The van der Waals surface area contributed by atoms with Crippen molar-refractivity contribution in [1.82, 2.24) is 25.3 Å². The molecule has 0 spiro atoms. The molecule has 12 heteroatoms. The number of hydrogen-bond donors (Lipinski definition) is 3. The first kappa shape index (κ1) is 14.7. The zero-order valence-corrected chi connectivity index (χ0v) is 11.8. The van der Waals surface area contributed by atoms with Gasteiger partial charge in [-0.3, -0.25) is 15.3 Å². The average molecular weight is 333 g/mol. The van der Waals surface area contributed by atoms with E-state index in [0.29, 0.717) is 18.9 Å². The van der Waals surface area contributed by atoms with Crippen LogP contribution in [0.1, 0.15) is 10.7 Å². The summed E-state index contributed by atoms with van der Waals surface area (Å²) in [6.07, 6.45) is -4.58. The number of alkyl halides is 3. The van der Waals surface area contributed by atoms with Crippen LogP contribution < -0.4 is 16.0 Å². The highest BCUT2D eigenvalue weighted by Gasteiger charge is 2.35. The molecule has 22 heavy (non-hydrogen) atoms. The van der Waals surface area contributed by atoms with Gasteiger partial charge in [0.15, 0.2) is 5.82 Å². The Balaban J connectivity index is 1.63. The average Bonchev–Trinajstić information content (AvgIpc) is 3.03. The van der Waals surface area contributed by atoms with Gasteiger partial charge in [-0.1, -0.05) is 11.3 Å². The smallest absolute Gasteiger partial charge is 0.309 e. The molecule has 2 amide bonds. The monoisotopic (exact) mass is 333 g/mol. The van der Waals surface area contributed by atoms with E-state index >= 15 is 0 Å². The molecule has 8 nitrogen and oxygen atoms in total. The predicted octanol–water partition coefficient (Wildman–Crippen LogP) is 1.50. The zero-order valence-electron chi connectivity index (χ0n) is 10.9. The molecule has 0 bridgehead atoms. The third kappa shape index (κ3) is 3.17. The van der Waals surface area contributed by atoms with Gasteiger partial charge in [0.2, 0.25) is 10.1 Å². The lowest BCUT2D eigenvalue weighted by Gasteiger charge is -2.13. The Morgan fingerprint density at radius 1 is 1.36 bits per heavy atom. The molecule has 118 valence electrons. The van der Waals surface area contributed by atoms with Crippen LogP contribution in [0.25, 0.3) is 0 Å². The number of amides is 2. The first-order chi connectivity index (χ1) is 10.4. The Hall–Kier alpha value is -2.21. The van der Waals surface area contributed by atoms with E-state index in [-0.39, 0.29) is 16.5 Å². The molecule has 0 aromatic carbocycles. The fourth-order valence-corrected chi connectivity index (χ4v) is 2.49. The molecule has 0 atom stereocenters. The maximum atomic E-state index is 12.4. The van der Waals surface area contributed by atoms with Gasteiger partial charge in [-0.2, -0.15) is 18.3 Å². The number of nitrogens with one attached hydrogen (secondary N) is 3. The highest BCUT2D eigenvalue weighted by molar-refractivity contribution is 7.15. The molecule has 3 N–H and O–H groups in total. The van der Waals surface area contributed by atoms with Gasteiger partial charge in [0.25, 0.3) is 0 Å². The second-order valence-corrected chi connectivity index (χ2v) is 5.39. The van der Waals surface area contributed by atoms with Crippen LogP contribution in [0.3, 0.4) is 0 Å². The number of carbonyl (C=O) groups is 1. The standard InChI is InChI=1S/C10H10F3N7OS/c11-10(12,13)7-17-18-9(22-7)16-8(21)15-6-3-5-4-14-1-2-20(5)19-6/h3,14H,1-2,4H2,(H2,15,16,18,19,21). The molecule has 2 aromatic rings. The van der Waals surface area contributed by atoms with Crippen molar-refractivity contribution < 1.29 is 18.0 Å². The van der Waals surface area contributed by atoms with Crippen molar-refractivity contribution in [3.05, 3.63) is 16.8 Å². The summed E-state index contributed by atoms with van der Waals surface area (Å²) in [5.74, 6) is 0.316. The lowest BCUT2D eigenvalue weighted by molar-refractivity contribution is -0.138. The highest BCUT2D eigenvalue weighted by atomic mass is 32.1. The summed E-state index contributed by atoms with van der Waals surface area (Å²) >= 11 is 0.251. The first-order valence-electron chi connectivity index (χ1n) is 6.18. The van der Waals surface area contributed by atoms with Crippen LogP contribution >= 0.6 is 11.3 Å². The van der Waals surface area contributed by atoms with Crippen LogP contribution in [0.15, 0.2) is 6.07 Å². The molecule has 1 aliphatic heterocycles. The molecule has 2 aromatic heterocycles. The van der Waals surface area contributed by atoms with Crippen molar-refractivity contribution in [2.45, 2.75) is 19.3 Å². The lowest BCUT2D eigenvalue weighted by Crippen LogP contribution is -2.28. The quantitative estimate of drug-likeness (QED) is 0.774. The minimum Gasteiger partial charge on any atom is -0.309 e. The highest BCUT2D eigenvalue weighted by Crippen LogP contribution is 2.32. The number of aromatic nitrogens is 4. The zero-order chi connectivity index (χ0) is 15.7. The normalized spacial score (nSPS) is 14.5. The minimum absolute atomic E-state index is 0.240. The van der Waals surface area contributed by atoms with E-state index in [4.69, 9.17) is 0 Å². The molecular weight excluding hydrogens is 323 g/mol. The summed E-state index contributed by atoms with van der Waals surface area (Å²) in [6.45, 7) is 2.11. The molecule has 0 saturated heterocycles. The second-order valence-electron chi connectivity index (χ2n) is 4.41. The van der Waals surface area contributed by atoms with Gasteiger partial charge in [-0.25, -0.2) is 4.79 Å². The van der Waals surface area contributed by atoms with E-state index in [1.54, 1.807) is 10.7 Å². The van der Waals surface area contributed by atoms with Crippen molar-refractivity contribution in [2.24, 2.45) is 0 Å². The Morgan fingerprint density at radius 2 is 2.18 bits per heavy atom. The van der Waals surface area contributed by atoms with Crippen LogP contribution in [-0.2, 0) is 19.3 Å². The van der Waals surface area contributed by atoms with Gasteiger partial charge in [0.1, 0.15) is 0 Å². The Labute approximate surface area is 125 Å². The molecule has 3 rings (SSSR count). The largest absolute Gasteiger partial charge is 0.445 e. The molecule has 3 heterocycles. The van der Waals surface area contributed by atoms with Crippen molar-refractivity contribution >= 4 is 28.3 Å². The number of nitrogens with zero attached hydrogens (tertiary/aromatic N) is 4. The second kappa shape index (κ2) is 5.53. The summed E-state index contributed by atoms with van der Waals surface area (Å²) in [7, 11) is 0. The van der Waals surface area contributed by atoms with Crippen molar-refractivity contribution in [2.75, 3.05) is 17.2 Å². The summed E-state index contributed by atoms with van der Waals surface area (Å²) in [4.78, 5) is 11.7. The molecular formula is C10H10F3N7OS. The summed E-state index contributed by atoms with van der Waals surface area (Å²) in [5, 5.41) is 16.8. The van der Waals surface area contributed by atoms with Crippen molar-refractivity contribution in [1.29, 1.82) is 0 Å². The Morgan fingerprint density at radius 3 is 2.86 bits per heavy atom. The predicted molar refractivity (Wildman–Crippen MR) is 71.5 cm³/mol. The van der Waals surface area contributed by atoms with Crippen LogP contribution in [0.2, 0.25) is 0 Å². The lowest BCUT2D eigenvalue weighted by atomic mass is 10.3. The summed E-state index contributed by atoms with van der Waals surface area (Å²) in [5.41, 5.74) is 0.914. The maximum absolute atomic E-state index is 12.4. The maximum Gasteiger partial charge on any atom is 0.445 e. The number of anilines is 2. The summed E-state index contributed by atoms with van der Waals surface area (Å²) < 4.78 is 38.9. The number of carbonyl (C=O) groups excluding carboxylic acids is 1. The van der Waals surface area contributed by atoms with Gasteiger partial charge in [-0.05, 0) is 0 Å². The van der Waals surface area contributed by atoms with Gasteiger partial charge < -0.3 is 5.32 Å². The number of hydrogen-bond acceptors (Lipinski definition) is 6. The fourth-order valence-electron chi connectivity index (χ4n) is 1.89. The van der Waals surface area contributed by atoms with Crippen molar-refractivity contribution in [3.63, 3.8) is 0 Å². The Kier molecular flexibility index (Phi) is 3.70. The minimum atomic E-state index is -4.58. The molecule has 0 unspecified atom stereocenters. The molecule has 0 saturated carbocycles. The number of urea groups is 1. The SMILES string of the molecule is O=C(Nc1cc2n(n1)CCNC2)Nc1nnc(C(F)(F)F)s1. The summed E-state index contributed by atoms with van der Waals surface area (Å²) in [6, 6.07) is 0.959. The van der Waals surface area contributed by atoms with Gasteiger partial charge in [-0.15, -0.1) is 10.2 Å². The van der Waals surface area contributed by atoms with Crippen LogP contribution in [0, 0.1) is 0 Å². The first-order valence-corrected chi connectivity index (χ1v) is 6.99.